The fourth-order valence-corrected chi connectivity index (χ4v) is 2.46. The highest BCUT2D eigenvalue weighted by atomic mass is 35.5. The maximum absolute atomic E-state index is 5.74. The van der Waals surface area contributed by atoms with Crippen molar-refractivity contribution in [2.75, 3.05) is 20.1 Å². The van der Waals surface area contributed by atoms with Gasteiger partial charge in [0.2, 0.25) is 0 Å². The predicted molar refractivity (Wildman–Crippen MR) is 69.0 cm³/mol. The minimum Gasteiger partial charge on any atom is -0.318 e. The number of nitrogens with one attached hydrogen (secondary N) is 1. The van der Waals surface area contributed by atoms with Crippen LogP contribution in [-0.2, 0) is 6.54 Å². The smallest absolute Gasteiger partial charge is 0.147 e. The van der Waals surface area contributed by atoms with Gasteiger partial charge in [-0.25, -0.2) is 4.98 Å². The zero-order valence-corrected chi connectivity index (χ0v) is 11.0. The molecule has 0 aromatic carbocycles. The largest absolute Gasteiger partial charge is 0.318 e. The highest BCUT2D eigenvalue weighted by molar-refractivity contribution is 6.29. The van der Waals surface area contributed by atoms with E-state index >= 15 is 0 Å². The van der Waals surface area contributed by atoms with Crippen LogP contribution in [0.2, 0.25) is 5.15 Å². The highest BCUT2D eigenvalue weighted by Gasteiger charge is 2.21. The lowest BCUT2D eigenvalue weighted by Crippen LogP contribution is -2.44. The normalized spacial score (nSPS) is 21.6. The molecule has 0 amide bonds. The molecule has 1 N–H and O–H groups in total. The summed E-state index contributed by atoms with van der Waals surface area (Å²) in [6.45, 7) is 3.06. The molecule has 1 saturated heterocycles. The summed E-state index contributed by atoms with van der Waals surface area (Å²) in [6, 6.07) is 0.617. The lowest BCUT2D eigenvalue weighted by molar-refractivity contribution is 0.137. The Morgan fingerprint density at radius 2 is 2.29 bits per heavy atom. The second-order valence-electron chi connectivity index (χ2n) is 4.51. The number of hydrogen-bond acceptors (Lipinski definition) is 4. The van der Waals surface area contributed by atoms with Crippen molar-refractivity contribution >= 4 is 11.6 Å². The van der Waals surface area contributed by atoms with Crippen LogP contribution < -0.4 is 5.32 Å². The Morgan fingerprint density at radius 3 is 3.00 bits per heavy atom. The van der Waals surface area contributed by atoms with Crippen molar-refractivity contribution in [1.82, 2.24) is 20.2 Å². The van der Waals surface area contributed by atoms with Crippen LogP contribution in [0, 0.1) is 0 Å². The molecule has 1 aromatic heterocycles. The molecule has 17 heavy (non-hydrogen) atoms. The standard InChI is InChI=1S/C12H19ClN4/c1-14-7-11-4-2-3-5-17(11)9-10-6-16-12(13)8-15-10/h6,8,11,14H,2-5,7,9H2,1H3. The van der Waals surface area contributed by atoms with Crippen molar-refractivity contribution < 1.29 is 0 Å². The van der Waals surface area contributed by atoms with Crippen LogP contribution in [0.1, 0.15) is 25.0 Å². The summed E-state index contributed by atoms with van der Waals surface area (Å²) in [5.41, 5.74) is 0.998. The summed E-state index contributed by atoms with van der Waals surface area (Å²) in [5.74, 6) is 0. The second kappa shape index (κ2) is 6.28. The van der Waals surface area contributed by atoms with Crippen LogP contribution in [0.5, 0.6) is 0 Å². The summed E-state index contributed by atoms with van der Waals surface area (Å²) < 4.78 is 0. The number of halogens is 1. The van der Waals surface area contributed by atoms with Crippen molar-refractivity contribution in [3.05, 3.63) is 23.2 Å². The van der Waals surface area contributed by atoms with Crippen LogP contribution in [-0.4, -0.2) is 41.0 Å². The zero-order valence-electron chi connectivity index (χ0n) is 10.2. The van der Waals surface area contributed by atoms with E-state index in [1.807, 2.05) is 7.05 Å². The maximum atomic E-state index is 5.74. The van der Waals surface area contributed by atoms with Crippen molar-refractivity contribution in [1.29, 1.82) is 0 Å². The number of hydrogen-bond donors (Lipinski definition) is 1. The molecule has 0 spiro atoms. The predicted octanol–water partition coefficient (Wildman–Crippen LogP) is 1.70. The molecule has 0 bridgehead atoms. The number of piperidine rings is 1. The third-order valence-electron chi connectivity index (χ3n) is 3.23. The molecule has 94 valence electrons. The summed E-state index contributed by atoms with van der Waals surface area (Å²) in [7, 11) is 2.01. The topological polar surface area (TPSA) is 41.0 Å². The van der Waals surface area contributed by atoms with Crippen LogP contribution >= 0.6 is 11.6 Å². The van der Waals surface area contributed by atoms with Gasteiger partial charge in [0.15, 0.2) is 0 Å². The summed E-state index contributed by atoms with van der Waals surface area (Å²) in [4.78, 5) is 10.9. The lowest BCUT2D eigenvalue weighted by Gasteiger charge is -2.35. The molecule has 2 heterocycles. The SMILES string of the molecule is CNCC1CCCCN1Cc1cnc(Cl)cn1. The monoisotopic (exact) mass is 254 g/mol. The highest BCUT2D eigenvalue weighted by Crippen LogP contribution is 2.18. The molecule has 1 unspecified atom stereocenters. The van der Waals surface area contributed by atoms with Gasteiger partial charge < -0.3 is 5.32 Å². The molecule has 2 rings (SSSR count). The Morgan fingerprint density at radius 1 is 1.41 bits per heavy atom. The van der Waals surface area contributed by atoms with E-state index < -0.39 is 0 Å². The number of likely N-dealkylation sites (N-methyl/N-ethyl adjacent to an activating group) is 1. The van der Waals surface area contributed by atoms with E-state index in [2.05, 4.69) is 20.2 Å². The molecule has 0 saturated carbocycles. The number of likely N-dealkylation sites (tertiary alicyclic amines) is 1. The Hall–Kier alpha value is -0.710. The van der Waals surface area contributed by atoms with Crippen molar-refractivity contribution in [2.45, 2.75) is 31.8 Å². The van der Waals surface area contributed by atoms with Crippen LogP contribution in [0.3, 0.4) is 0 Å². The van der Waals surface area contributed by atoms with Crippen molar-refractivity contribution in [3.63, 3.8) is 0 Å². The van der Waals surface area contributed by atoms with Gasteiger partial charge in [0.1, 0.15) is 5.15 Å². The molecule has 0 aliphatic carbocycles. The molecular formula is C12H19ClN4. The zero-order chi connectivity index (χ0) is 12.1. The lowest BCUT2D eigenvalue weighted by atomic mass is 10.0. The van der Waals surface area contributed by atoms with Crippen molar-refractivity contribution in [2.24, 2.45) is 0 Å². The van der Waals surface area contributed by atoms with Gasteiger partial charge in [0.25, 0.3) is 0 Å². The fraction of sp³-hybridized carbons (Fsp3) is 0.667. The van der Waals surface area contributed by atoms with E-state index in [-0.39, 0.29) is 0 Å². The number of aromatic nitrogens is 2. The fourth-order valence-electron chi connectivity index (χ4n) is 2.36. The Balaban J connectivity index is 1.97. The van der Waals surface area contributed by atoms with Gasteiger partial charge in [-0.2, -0.15) is 0 Å². The van der Waals surface area contributed by atoms with E-state index in [9.17, 15) is 0 Å². The van der Waals surface area contributed by atoms with Crippen molar-refractivity contribution in [3.8, 4) is 0 Å². The Bertz CT molecular complexity index is 339. The average molecular weight is 255 g/mol. The minimum absolute atomic E-state index is 0.458. The quantitative estimate of drug-likeness (QED) is 0.888. The Labute approximate surface area is 107 Å². The third-order valence-corrected chi connectivity index (χ3v) is 3.42. The first-order chi connectivity index (χ1) is 8.29. The van der Waals surface area contributed by atoms with E-state index in [1.165, 1.54) is 19.3 Å². The van der Waals surface area contributed by atoms with E-state index in [0.717, 1.165) is 25.3 Å². The Kier molecular flexibility index (Phi) is 4.71. The van der Waals surface area contributed by atoms with Gasteiger partial charge in [0.05, 0.1) is 18.1 Å². The summed E-state index contributed by atoms with van der Waals surface area (Å²) in [5, 5.41) is 3.72. The maximum Gasteiger partial charge on any atom is 0.147 e. The van der Waals surface area contributed by atoms with Gasteiger partial charge in [-0.05, 0) is 26.4 Å². The van der Waals surface area contributed by atoms with Gasteiger partial charge in [0, 0.05) is 19.1 Å². The van der Waals surface area contributed by atoms with E-state index in [0.29, 0.717) is 11.2 Å². The molecule has 1 aromatic rings. The number of rotatable bonds is 4. The summed E-state index contributed by atoms with van der Waals surface area (Å²) >= 11 is 5.74. The van der Waals surface area contributed by atoms with Gasteiger partial charge in [-0.1, -0.05) is 18.0 Å². The molecule has 0 radical (unpaired) electrons. The molecular weight excluding hydrogens is 236 g/mol. The van der Waals surface area contributed by atoms with E-state index in [1.54, 1.807) is 12.4 Å². The first-order valence-corrected chi connectivity index (χ1v) is 6.52. The van der Waals surface area contributed by atoms with Gasteiger partial charge in [-0.3, -0.25) is 9.88 Å². The minimum atomic E-state index is 0.458. The molecule has 1 atom stereocenters. The van der Waals surface area contributed by atoms with Gasteiger partial charge in [-0.15, -0.1) is 0 Å². The van der Waals surface area contributed by atoms with Crippen LogP contribution in [0.25, 0.3) is 0 Å². The molecule has 4 nitrogen and oxygen atoms in total. The third kappa shape index (κ3) is 3.63. The molecule has 1 aliphatic heterocycles. The van der Waals surface area contributed by atoms with Gasteiger partial charge >= 0.3 is 0 Å². The molecule has 1 aliphatic rings. The van der Waals surface area contributed by atoms with Crippen LogP contribution in [0.4, 0.5) is 0 Å². The summed E-state index contributed by atoms with van der Waals surface area (Å²) in [6.07, 6.45) is 7.26. The van der Waals surface area contributed by atoms with Crippen LogP contribution in [0.15, 0.2) is 12.4 Å². The average Bonchev–Trinajstić information content (AvgIpc) is 2.35. The second-order valence-corrected chi connectivity index (χ2v) is 4.90. The van der Waals surface area contributed by atoms with E-state index in [4.69, 9.17) is 11.6 Å². The first kappa shape index (κ1) is 12.7. The molecule has 1 fully saturated rings. The first-order valence-electron chi connectivity index (χ1n) is 6.14. The number of nitrogens with zero attached hydrogens (tertiary/aromatic N) is 3. The molecule has 5 heteroatoms.